The van der Waals surface area contributed by atoms with Gasteiger partial charge in [0.25, 0.3) is 0 Å². The number of nitrogens with one attached hydrogen (secondary N) is 1. The van der Waals surface area contributed by atoms with Gasteiger partial charge >= 0.3 is 0 Å². The zero-order chi connectivity index (χ0) is 36.8. The topological polar surface area (TPSA) is 41.7 Å². The van der Waals surface area contributed by atoms with Gasteiger partial charge in [0.2, 0.25) is 0 Å². The second-order valence-corrected chi connectivity index (χ2v) is 14.9. The zero-order valence-corrected chi connectivity index (χ0v) is 30.4. The average molecular weight is 715 g/mol. The van der Waals surface area contributed by atoms with Crippen molar-refractivity contribution in [3.63, 3.8) is 0 Å². The highest BCUT2D eigenvalue weighted by Crippen LogP contribution is 2.61. The Balaban J connectivity index is 1.07. The highest BCUT2D eigenvalue weighted by atomic mass is 15.2. The number of nitrogens with zero attached hydrogens (tertiary/aromatic N) is 3. The van der Waals surface area contributed by atoms with Crippen molar-refractivity contribution in [3.05, 3.63) is 233 Å². The van der Waals surface area contributed by atoms with Crippen molar-refractivity contribution < 1.29 is 0 Å². The second-order valence-electron chi connectivity index (χ2n) is 14.9. The van der Waals surface area contributed by atoms with Gasteiger partial charge < -0.3 is 9.88 Å². The number of hydrogen-bond donors (Lipinski definition) is 1. The van der Waals surface area contributed by atoms with Crippen molar-refractivity contribution in [1.29, 1.82) is 0 Å². The zero-order valence-electron chi connectivity index (χ0n) is 30.4. The molecule has 1 N–H and O–H groups in total. The predicted molar refractivity (Wildman–Crippen MR) is 229 cm³/mol. The first-order valence-corrected chi connectivity index (χ1v) is 19.3. The number of fused-ring (bicyclic) bond motifs is 12. The molecule has 0 radical (unpaired) electrons. The van der Waals surface area contributed by atoms with Gasteiger partial charge in [0.05, 0.1) is 22.1 Å². The largest absolute Gasteiger partial charge is 0.324 e. The molecule has 2 aliphatic heterocycles. The maximum Gasteiger partial charge on any atom is 0.169 e. The first-order valence-electron chi connectivity index (χ1n) is 19.3. The SMILES string of the molecule is c1ccc(-c2ccc(C3=NC(c4ccccc4)N=C(c4ccc5c(c4)C4(c6ccccc6-5)c5ccccc5-n5c6ccccc6c6cccc4c65)N3)cc2)cc1. The van der Waals surface area contributed by atoms with E-state index < -0.39 is 11.6 Å². The van der Waals surface area contributed by atoms with Crippen LogP contribution in [0.15, 0.2) is 204 Å². The van der Waals surface area contributed by atoms with Gasteiger partial charge in [-0.2, -0.15) is 0 Å². The van der Waals surface area contributed by atoms with Gasteiger partial charge in [0, 0.05) is 21.9 Å². The number of benzene rings is 8. The number of aliphatic imine (C=N–C) groups is 2. The first-order chi connectivity index (χ1) is 27.8. The number of para-hydroxylation sites is 3. The fourth-order valence-corrected chi connectivity index (χ4v) is 9.68. The van der Waals surface area contributed by atoms with Crippen LogP contribution >= 0.6 is 0 Å². The third-order valence-electron chi connectivity index (χ3n) is 12.1. The molecule has 1 aliphatic carbocycles. The molecule has 8 aromatic carbocycles. The maximum absolute atomic E-state index is 5.33. The summed E-state index contributed by atoms with van der Waals surface area (Å²) < 4.78 is 2.49. The summed E-state index contributed by atoms with van der Waals surface area (Å²) in [5.74, 6) is 1.61. The van der Waals surface area contributed by atoms with Crippen molar-refractivity contribution in [1.82, 2.24) is 9.88 Å². The minimum atomic E-state index is -0.541. The lowest BCUT2D eigenvalue weighted by molar-refractivity contribution is 0.746. The summed E-state index contributed by atoms with van der Waals surface area (Å²) in [5.41, 5.74) is 16.3. The molecule has 4 nitrogen and oxygen atoms in total. The summed E-state index contributed by atoms with van der Waals surface area (Å²) in [7, 11) is 0. The molecule has 0 amide bonds. The van der Waals surface area contributed by atoms with E-state index in [1.165, 1.54) is 72.0 Å². The minimum Gasteiger partial charge on any atom is -0.324 e. The van der Waals surface area contributed by atoms with Gasteiger partial charge in [0.1, 0.15) is 11.7 Å². The lowest BCUT2D eigenvalue weighted by Gasteiger charge is -2.39. The van der Waals surface area contributed by atoms with Gasteiger partial charge in [0.15, 0.2) is 6.17 Å². The normalized spacial score (nSPS) is 17.5. The van der Waals surface area contributed by atoms with Crippen LogP contribution in [0.4, 0.5) is 0 Å². The van der Waals surface area contributed by atoms with Crippen LogP contribution in [0.3, 0.4) is 0 Å². The van der Waals surface area contributed by atoms with Gasteiger partial charge in [-0.15, -0.1) is 0 Å². The average Bonchev–Trinajstić information content (AvgIpc) is 3.77. The molecule has 56 heavy (non-hydrogen) atoms. The smallest absolute Gasteiger partial charge is 0.169 e. The monoisotopic (exact) mass is 714 g/mol. The summed E-state index contributed by atoms with van der Waals surface area (Å²) in [4.78, 5) is 10.5. The number of amidine groups is 2. The van der Waals surface area contributed by atoms with Crippen LogP contribution in [0.5, 0.6) is 0 Å². The molecule has 262 valence electrons. The molecule has 4 heteroatoms. The summed E-state index contributed by atoms with van der Waals surface area (Å²) in [6.45, 7) is 0. The Morgan fingerprint density at radius 3 is 1.86 bits per heavy atom. The molecule has 0 saturated heterocycles. The van der Waals surface area contributed by atoms with Crippen LogP contribution in [0.25, 0.3) is 49.7 Å². The van der Waals surface area contributed by atoms with Crippen LogP contribution in [0.2, 0.25) is 0 Å². The van der Waals surface area contributed by atoms with Crippen LogP contribution < -0.4 is 5.32 Å². The maximum atomic E-state index is 5.33. The summed E-state index contributed by atoms with van der Waals surface area (Å²) in [6.07, 6.45) is -0.393. The molecule has 0 saturated carbocycles. The van der Waals surface area contributed by atoms with Gasteiger partial charge in [-0.25, -0.2) is 9.98 Å². The van der Waals surface area contributed by atoms with Crippen LogP contribution in [0.1, 0.15) is 45.1 Å². The Morgan fingerprint density at radius 1 is 0.429 bits per heavy atom. The van der Waals surface area contributed by atoms with Gasteiger partial charge in [-0.05, 0) is 68.3 Å². The Bertz CT molecular complexity index is 3100. The molecular weight excluding hydrogens is 681 g/mol. The summed E-state index contributed by atoms with van der Waals surface area (Å²) in [6, 6.07) is 70.2. The number of rotatable bonds is 4. The number of hydrogen-bond acceptors (Lipinski definition) is 3. The van der Waals surface area contributed by atoms with Crippen LogP contribution in [-0.4, -0.2) is 16.2 Å². The van der Waals surface area contributed by atoms with Crippen molar-refractivity contribution >= 4 is 33.5 Å². The quantitative estimate of drug-likeness (QED) is 0.194. The highest BCUT2D eigenvalue weighted by molar-refractivity contribution is 6.17. The fraction of sp³-hybridized carbons (Fsp3) is 0.0385. The molecule has 1 spiro atoms. The van der Waals surface area contributed by atoms with E-state index in [1.807, 2.05) is 6.07 Å². The van der Waals surface area contributed by atoms with Crippen LogP contribution in [-0.2, 0) is 5.41 Å². The third kappa shape index (κ3) is 4.29. The van der Waals surface area contributed by atoms with E-state index in [0.717, 1.165) is 28.4 Å². The van der Waals surface area contributed by atoms with E-state index in [4.69, 9.17) is 9.98 Å². The van der Waals surface area contributed by atoms with Crippen molar-refractivity contribution in [2.24, 2.45) is 9.98 Å². The van der Waals surface area contributed by atoms with E-state index in [0.29, 0.717) is 0 Å². The predicted octanol–water partition coefficient (Wildman–Crippen LogP) is 11.6. The molecule has 3 aliphatic rings. The Hall–Kier alpha value is -7.30. The molecular formula is C52H34N4. The molecule has 12 rings (SSSR count). The summed E-state index contributed by atoms with van der Waals surface area (Å²) >= 11 is 0. The lowest BCUT2D eigenvalue weighted by Crippen LogP contribution is -2.37. The molecule has 9 aromatic rings. The van der Waals surface area contributed by atoms with E-state index in [2.05, 4.69) is 198 Å². The van der Waals surface area contributed by atoms with Crippen molar-refractivity contribution in [2.75, 3.05) is 0 Å². The third-order valence-corrected chi connectivity index (χ3v) is 12.1. The van der Waals surface area contributed by atoms with E-state index >= 15 is 0 Å². The van der Waals surface area contributed by atoms with Crippen molar-refractivity contribution in [3.8, 4) is 27.9 Å². The molecule has 0 bridgehead atoms. The Morgan fingerprint density at radius 2 is 1.02 bits per heavy atom. The van der Waals surface area contributed by atoms with Crippen LogP contribution in [0, 0.1) is 0 Å². The lowest BCUT2D eigenvalue weighted by atomic mass is 9.65. The van der Waals surface area contributed by atoms with Gasteiger partial charge in [-0.1, -0.05) is 176 Å². The molecule has 1 aromatic heterocycles. The summed E-state index contributed by atoms with van der Waals surface area (Å²) in [5, 5.41) is 6.26. The van der Waals surface area contributed by atoms with Gasteiger partial charge in [-0.3, -0.25) is 0 Å². The van der Waals surface area contributed by atoms with Crippen molar-refractivity contribution in [2.45, 2.75) is 11.6 Å². The standard InChI is InChI=1S/C52H34N4/c1-3-14-33(15-4-1)34-26-28-36(29-27-34)50-53-49(35-16-5-2-6-17-35)54-51(55-50)37-30-31-39-38-18-7-9-21-42(38)52(45(39)32-37)43-22-10-12-25-47(43)56-46-24-11-8-19-40(46)41-20-13-23-44(52)48(41)56/h1-32,49H,(H,53,54,55). The van der Waals surface area contributed by atoms with E-state index in [-0.39, 0.29) is 0 Å². The molecule has 2 unspecified atom stereocenters. The minimum absolute atomic E-state index is 0.393. The molecule has 3 heterocycles. The molecule has 2 atom stereocenters. The number of aromatic nitrogens is 1. The Kier molecular flexibility index (Phi) is 6.58. The van der Waals surface area contributed by atoms with E-state index in [1.54, 1.807) is 0 Å². The van der Waals surface area contributed by atoms with E-state index in [9.17, 15) is 0 Å². The first kappa shape index (κ1) is 31.1. The fourth-order valence-electron chi connectivity index (χ4n) is 9.68. The highest BCUT2D eigenvalue weighted by Gasteiger charge is 2.51. The second kappa shape index (κ2) is 11.8. The molecule has 0 fully saturated rings. The Labute approximate surface area is 324 Å².